The number of carbonyl (C=O) groups is 1. The third-order valence-electron chi connectivity index (χ3n) is 6.18. The molecule has 2 aliphatic rings. The van der Waals surface area contributed by atoms with E-state index in [0.717, 1.165) is 67.4 Å². The van der Waals surface area contributed by atoms with Crippen LogP contribution < -0.4 is 10.2 Å². The summed E-state index contributed by atoms with van der Waals surface area (Å²) >= 11 is 6.06. The lowest BCUT2D eigenvalue weighted by Crippen LogP contribution is -2.38. The van der Waals surface area contributed by atoms with Gasteiger partial charge in [0.1, 0.15) is 0 Å². The Labute approximate surface area is 171 Å². The number of amides is 1. The van der Waals surface area contributed by atoms with Crippen molar-refractivity contribution in [1.29, 1.82) is 0 Å². The van der Waals surface area contributed by atoms with Gasteiger partial charge in [-0.25, -0.2) is 9.97 Å². The van der Waals surface area contributed by atoms with Crippen molar-refractivity contribution < 1.29 is 4.79 Å². The van der Waals surface area contributed by atoms with Crippen molar-refractivity contribution in [3.05, 3.63) is 46.2 Å². The standard InChI is InChI=1S/C22H27ClN4O/c1-15-19(16(2)25-21(24-15)27-13-5-6-14-27)26-20(28)22(11-3-4-12-22)17-7-9-18(23)10-8-17/h7-10H,3-6,11-14H2,1-2H3,(H,26,28). The highest BCUT2D eigenvalue weighted by Crippen LogP contribution is 2.42. The molecule has 1 aliphatic heterocycles. The number of halogens is 1. The van der Waals surface area contributed by atoms with E-state index in [4.69, 9.17) is 11.6 Å². The number of aromatic nitrogens is 2. The molecular weight excluding hydrogens is 372 g/mol. The summed E-state index contributed by atoms with van der Waals surface area (Å²) in [7, 11) is 0. The maximum atomic E-state index is 13.5. The van der Waals surface area contributed by atoms with Gasteiger partial charge >= 0.3 is 0 Å². The number of hydrogen-bond acceptors (Lipinski definition) is 4. The van der Waals surface area contributed by atoms with Crippen LogP contribution in [0, 0.1) is 13.8 Å². The van der Waals surface area contributed by atoms with E-state index in [1.165, 1.54) is 12.8 Å². The zero-order valence-electron chi connectivity index (χ0n) is 16.6. The molecule has 1 aromatic heterocycles. The molecule has 0 spiro atoms. The van der Waals surface area contributed by atoms with E-state index < -0.39 is 5.41 Å². The maximum absolute atomic E-state index is 13.5. The Kier molecular flexibility index (Phi) is 5.28. The number of nitrogens with zero attached hydrogens (tertiary/aromatic N) is 3. The van der Waals surface area contributed by atoms with Crippen LogP contribution in [0.5, 0.6) is 0 Å². The van der Waals surface area contributed by atoms with E-state index in [2.05, 4.69) is 20.2 Å². The highest BCUT2D eigenvalue weighted by atomic mass is 35.5. The Hall–Kier alpha value is -2.14. The van der Waals surface area contributed by atoms with Crippen LogP contribution in [0.1, 0.15) is 55.5 Å². The van der Waals surface area contributed by atoms with Gasteiger partial charge in [-0.15, -0.1) is 0 Å². The fourth-order valence-electron chi connectivity index (χ4n) is 4.57. The van der Waals surface area contributed by atoms with Gasteiger partial charge in [0.05, 0.1) is 22.5 Å². The summed E-state index contributed by atoms with van der Waals surface area (Å²) in [6.07, 6.45) is 6.18. The lowest BCUT2D eigenvalue weighted by molar-refractivity contribution is -0.121. The first-order valence-electron chi connectivity index (χ1n) is 10.2. The first-order chi connectivity index (χ1) is 13.5. The van der Waals surface area contributed by atoms with Gasteiger partial charge in [0.25, 0.3) is 0 Å². The minimum absolute atomic E-state index is 0.0380. The number of aryl methyl sites for hydroxylation is 2. The molecule has 148 valence electrons. The van der Waals surface area contributed by atoms with Crippen LogP contribution in [0.25, 0.3) is 0 Å². The maximum Gasteiger partial charge on any atom is 0.235 e. The van der Waals surface area contributed by atoms with Crippen LogP contribution in [0.3, 0.4) is 0 Å². The topological polar surface area (TPSA) is 58.1 Å². The van der Waals surface area contributed by atoms with E-state index >= 15 is 0 Å². The first-order valence-corrected chi connectivity index (χ1v) is 10.6. The zero-order valence-corrected chi connectivity index (χ0v) is 17.4. The average molecular weight is 399 g/mol. The van der Waals surface area contributed by atoms with E-state index in [-0.39, 0.29) is 5.91 Å². The molecule has 0 radical (unpaired) electrons. The first kappa shape index (κ1) is 19.2. The van der Waals surface area contributed by atoms with Crippen molar-refractivity contribution in [3.63, 3.8) is 0 Å². The molecule has 0 unspecified atom stereocenters. The van der Waals surface area contributed by atoms with Gasteiger partial charge in [0, 0.05) is 18.1 Å². The number of carbonyl (C=O) groups excluding carboxylic acids is 1. The second-order valence-electron chi connectivity index (χ2n) is 8.01. The van der Waals surface area contributed by atoms with Crippen molar-refractivity contribution >= 4 is 29.1 Å². The normalized spacial score (nSPS) is 18.5. The summed E-state index contributed by atoms with van der Waals surface area (Å²) in [6, 6.07) is 7.71. The van der Waals surface area contributed by atoms with Crippen molar-refractivity contribution in [2.75, 3.05) is 23.3 Å². The highest BCUT2D eigenvalue weighted by molar-refractivity contribution is 6.30. The Morgan fingerprint density at radius 3 is 2.14 bits per heavy atom. The monoisotopic (exact) mass is 398 g/mol. The van der Waals surface area contributed by atoms with Crippen LogP contribution in [-0.2, 0) is 10.2 Å². The smallest absolute Gasteiger partial charge is 0.235 e. The number of benzene rings is 1. The van der Waals surface area contributed by atoms with Crippen molar-refractivity contribution in [2.24, 2.45) is 0 Å². The minimum atomic E-state index is -0.503. The molecule has 1 aromatic carbocycles. The van der Waals surface area contributed by atoms with Gasteiger partial charge in [-0.1, -0.05) is 36.6 Å². The Morgan fingerprint density at radius 2 is 1.57 bits per heavy atom. The molecule has 1 amide bonds. The van der Waals surface area contributed by atoms with Crippen molar-refractivity contribution in [3.8, 4) is 0 Å². The highest BCUT2D eigenvalue weighted by Gasteiger charge is 2.43. The van der Waals surface area contributed by atoms with Crippen molar-refractivity contribution in [2.45, 2.75) is 57.8 Å². The van der Waals surface area contributed by atoms with Gasteiger partial charge < -0.3 is 10.2 Å². The van der Waals surface area contributed by atoms with E-state index in [0.29, 0.717) is 5.02 Å². The molecule has 28 heavy (non-hydrogen) atoms. The summed E-state index contributed by atoms with van der Waals surface area (Å²) in [5.41, 5.74) is 2.93. The SMILES string of the molecule is Cc1nc(N2CCCC2)nc(C)c1NC(=O)C1(c2ccc(Cl)cc2)CCCC1. The molecule has 2 fully saturated rings. The predicted octanol–water partition coefficient (Wildman–Crippen LogP) is 4.80. The molecule has 2 aromatic rings. The van der Waals surface area contributed by atoms with Gasteiger partial charge in [0.15, 0.2) is 0 Å². The Morgan fingerprint density at radius 1 is 1.00 bits per heavy atom. The molecule has 0 bridgehead atoms. The van der Waals surface area contributed by atoms with E-state index in [1.54, 1.807) is 0 Å². The molecule has 1 saturated carbocycles. The predicted molar refractivity (Wildman–Crippen MR) is 113 cm³/mol. The summed E-state index contributed by atoms with van der Waals surface area (Å²) in [6.45, 7) is 5.91. The molecule has 1 aliphatic carbocycles. The van der Waals surface area contributed by atoms with E-state index in [9.17, 15) is 4.79 Å². The second-order valence-corrected chi connectivity index (χ2v) is 8.45. The Bertz CT molecular complexity index is 846. The molecular formula is C22H27ClN4O. The molecule has 4 rings (SSSR count). The molecule has 1 saturated heterocycles. The lowest BCUT2D eigenvalue weighted by atomic mass is 9.78. The molecule has 5 nitrogen and oxygen atoms in total. The fourth-order valence-corrected chi connectivity index (χ4v) is 4.69. The third-order valence-corrected chi connectivity index (χ3v) is 6.43. The van der Waals surface area contributed by atoms with Crippen LogP contribution >= 0.6 is 11.6 Å². The van der Waals surface area contributed by atoms with Crippen LogP contribution in [-0.4, -0.2) is 29.0 Å². The number of anilines is 2. The summed E-state index contributed by atoms with van der Waals surface area (Å²) in [5, 5.41) is 3.87. The number of hydrogen-bond donors (Lipinski definition) is 1. The summed E-state index contributed by atoms with van der Waals surface area (Å²) in [4.78, 5) is 25.0. The average Bonchev–Trinajstić information content (AvgIpc) is 3.37. The second kappa shape index (κ2) is 7.70. The van der Waals surface area contributed by atoms with Gasteiger partial charge in [0.2, 0.25) is 11.9 Å². The zero-order chi connectivity index (χ0) is 19.7. The van der Waals surface area contributed by atoms with Crippen LogP contribution in [0.4, 0.5) is 11.6 Å². The van der Waals surface area contributed by atoms with Crippen LogP contribution in [0.2, 0.25) is 5.02 Å². The largest absolute Gasteiger partial charge is 0.341 e. The van der Waals surface area contributed by atoms with Crippen molar-refractivity contribution in [1.82, 2.24) is 9.97 Å². The minimum Gasteiger partial charge on any atom is -0.341 e. The molecule has 0 atom stereocenters. The molecule has 1 N–H and O–H groups in total. The summed E-state index contributed by atoms with van der Waals surface area (Å²) in [5.74, 6) is 0.815. The van der Waals surface area contributed by atoms with Crippen LogP contribution in [0.15, 0.2) is 24.3 Å². The molecule has 2 heterocycles. The summed E-state index contributed by atoms with van der Waals surface area (Å²) < 4.78 is 0. The Balaban J connectivity index is 1.62. The van der Waals surface area contributed by atoms with Gasteiger partial charge in [-0.05, 0) is 57.2 Å². The van der Waals surface area contributed by atoms with Gasteiger partial charge in [-0.2, -0.15) is 0 Å². The third kappa shape index (κ3) is 3.48. The fraction of sp³-hybridized carbons (Fsp3) is 0.500. The number of nitrogens with one attached hydrogen (secondary N) is 1. The quantitative estimate of drug-likeness (QED) is 0.803. The van der Waals surface area contributed by atoms with E-state index in [1.807, 2.05) is 38.1 Å². The molecule has 6 heteroatoms. The lowest BCUT2D eigenvalue weighted by Gasteiger charge is -2.29. The number of rotatable bonds is 4. The van der Waals surface area contributed by atoms with Gasteiger partial charge in [-0.3, -0.25) is 4.79 Å².